The smallest absolute Gasteiger partial charge is 0.242 e. The van der Waals surface area contributed by atoms with E-state index in [1.807, 2.05) is 17.0 Å². The van der Waals surface area contributed by atoms with Crippen molar-refractivity contribution in [2.75, 3.05) is 36.0 Å². The van der Waals surface area contributed by atoms with E-state index in [1.54, 1.807) is 20.0 Å². The normalized spacial score (nSPS) is 26.1. The summed E-state index contributed by atoms with van der Waals surface area (Å²) in [4.78, 5) is 27.1. The Morgan fingerprint density at radius 2 is 1.90 bits per heavy atom. The van der Waals surface area contributed by atoms with Crippen molar-refractivity contribution in [3.63, 3.8) is 0 Å². The van der Waals surface area contributed by atoms with Crippen molar-refractivity contribution >= 4 is 28.2 Å². The number of nitrogens with zero attached hydrogens (tertiary/aromatic N) is 6. The molecule has 0 saturated carbocycles. The van der Waals surface area contributed by atoms with Crippen LogP contribution in [-0.4, -0.2) is 76.6 Å². The first-order valence-corrected chi connectivity index (χ1v) is 14.5. The lowest BCUT2D eigenvalue weighted by Gasteiger charge is -2.49. The van der Waals surface area contributed by atoms with E-state index in [9.17, 15) is 10.1 Å². The Balaban J connectivity index is 1.12. The van der Waals surface area contributed by atoms with Crippen LogP contribution in [0.5, 0.6) is 0 Å². The molecule has 7 rings (SSSR count). The minimum atomic E-state index is -0.821. The number of hydrogen-bond acceptors (Lipinski definition) is 7. The van der Waals surface area contributed by atoms with Gasteiger partial charge in [-0.15, -0.1) is 0 Å². The molecule has 2 aromatic carbocycles. The molecule has 5 heterocycles. The van der Waals surface area contributed by atoms with Gasteiger partial charge in [-0.2, -0.15) is 5.26 Å². The third kappa shape index (κ3) is 4.03. The molecule has 0 spiro atoms. The average molecular weight is 536 g/mol. The number of hydrogen-bond donors (Lipinski definition) is 1. The number of nitriles is 1. The van der Waals surface area contributed by atoms with E-state index in [-0.39, 0.29) is 11.9 Å². The van der Waals surface area contributed by atoms with Crippen molar-refractivity contribution in [3.05, 3.63) is 65.4 Å². The van der Waals surface area contributed by atoms with Gasteiger partial charge in [0.2, 0.25) is 5.91 Å². The van der Waals surface area contributed by atoms with Gasteiger partial charge in [-0.05, 0) is 81.1 Å². The molecule has 4 aliphatic heterocycles. The highest BCUT2D eigenvalue weighted by Gasteiger charge is 2.47. The molecule has 8 nitrogen and oxygen atoms in total. The molecule has 8 heteroatoms. The first kappa shape index (κ1) is 25.3. The van der Waals surface area contributed by atoms with Crippen molar-refractivity contribution in [2.24, 2.45) is 5.73 Å². The van der Waals surface area contributed by atoms with Gasteiger partial charge in [0.15, 0.2) is 0 Å². The first-order valence-electron chi connectivity index (χ1n) is 14.5. The van der Waals surface area contributed by atoms with Gasteiger partial charge >= 0.3 is 0 Å². The zero-order valence-corrected chi connectivity index (χ0v) is 23.5. The standard InChI is InChI=1S/C32H37N7O/c1-20-15-36(29-9-7-21(14-33)30-28(29)5-4-10-35-30)17-25-12-23-11-24(8-6-22(23)16-37(20)25)38-18-27-13-26(38)19-39(27)31(40)32(2,3)34/h4-11,20,25-27H,12-13,15-19,34H2,1-3H3/t20-,25+,26-,27+/m1/s1. The summed E-state index contributed by atoms with van der Waals surface area (Å²) < 4.78 is 0. The quantitative estimate of drug-likeness (QED) is 0.550. The zero-order valence-electron chi connectivity index (χ0n) is 23.5. The molecule has 1 amide bonds. The summed E-state index contributed by atoms with van der Waals surface area (Å²) in [6, 6.07) is 18.8. The van der Waals surface area contributed by atoms with Crippen molar-refractivity contribution in [3.8, 4) is 6.07 Å². The molecular formula is C32H37N7O. The van der Waals surface area contributed by atoms with Crippen molar-refractivity contribution in [1.29, 1.82) is 5.26 Å². The average Bonchev–Trinajstić information content (AvgIpc) is 3.56. The lowest BCUT2D eigenvalue weighted by molar-refractivity contribution is -0.136. The van der Waals surface area contributed by atoms with Gasteiger partial charge in [0.25, 0.3) is 0 Å². The maximum absolute atomic E-state index is 12.8. The summed E-state index contributed by atoms with van der Waals surface area (Å²) in [5.41, 5.74) is 12.0. The molecule has 206 valence electrons. The van der Waals surface area contributed by atoms with Gasteiger partial charge in [-0.25, -0.2) is 0 Å². The SMILES string of the molecule is C[C@@H]1CN(c2ccc(C#N)c3ncccc23)C[C@@H]2Cc3cc(N4C[C@@H]5C[C@@H]4CN5C(=O)C(C)(C)N)ccc3CN21. The summed E-state index contributed by atoms with van der Waals surface area (Å²) >= 11 is 0. The monoisotopic (exact) mass is 535 g/mol. The molecule has 2 bridgehead atoms. The molecule has 3 fully saturated rings. The van der Waals surface area contributed by atoms with Crippen molar-refractivity contribution in [1.82, 2.24) is 14.8 Å². The van der Waals surface area contributed by atoms with Crippen molar-refractivity contribution in [2.45, 2.75) is 69.9 Å². The summed E-state index contributed by atoms with van der Waals surface area (Å²) in [5, 5.41) is 10.6. The van der Waals surface area contributed by atoms with E-state index in [2.05, 4.69) is 63.0 Å². The minimum Gasteiger partial charge on any atom is -0.368 e. The second kappa shape index (κ2) is 9.18. The fourth-order valence-corrected chi connectivity index (χ4v) is 7.59. The van der Waals surface area contributed by atoms with Gasteiger partial charge < -0.3 is 20.4 Å². The lowest BCUT2D eigenvalue weighted by Crippen LogP contribution is -2.59. The fraction of sp³-hybridized carbons (Fsp3) is 0.469. The van der Waals surface area contributed by atoms with E-state index in [0.717, 1.165) is 56.5 Å². The largest absolute Gasteiger partial charge is 0.368 e. The number of likely N-dealkylation sites (tertiary alicyclic amines) is 1. The van der Waals surface area contributed by atoms with Crippen LogP contribution < -0.4 is 15.5 Å². The second-order valence-corrected chi connectivity index (χ2v) is 12.8. The number of aromatic nitrogens is 1. The molecule has 4 atom stereocenters. The van der Waals surface area contributed by atoms with E-state index in [4.69, 9.17) is 5.73 Å². The molecule has 0 radical (unpaired) electrons. The minimum absolute atomic E-state index is 0.0620. The predicted molar refractivity (Wildman–Crippen MR) is 157 cm³/mol. The topological polar surface area (TPSA) is 92.7 Å². The van der Waals surface area contributed by atoms with E-state index >= 15 is 0 Å². The zero-order chi connectivity index (χ0) is 27.8. The summed E-state index contributed by atoms with van der Waals surface area (Å²) in [7, 11) is 0. The fourth-order valence-electron chi connectivity index (χ4n) is 7.59. The van der Waals surface area contributed by atoms with Crippen LogP contribution >= 0.6 is 0 Å². The molecule has 0 unspecified atom stereocenters. The van der Waals surface area contributed by atoms with Gasteiger partial charge in [0.05, 0.1) is 22.7 Å². The van der Waals surface area contributed by atoms with Crippen molar-refractivity contribution < 1.29 is 4.79 Å². The molecule has 3 aromatic rings. The number of pyridine rings is 1. The van der Waals surface area contributed by atoms with E-state index in [1.165, 1.54) is 22.5 Å². The van der Waals surface area contributed by atoms with Gasteiger partial charge in [-0.3, -0.25) is 14.7 Å². The Hall–Kier alpha value is -3.67. The Morgan fingerprint density at radius 3 is 2.65 bits per heavy atom. The lowest BCUT2D eigenvalue weighted by atomic mass is 9.89. The number of carbonyl (C=O) groups excluding carboxylic acids is 1. The summed E-state index contributed by atoms with van der Waals surface area (Å²) in [5.74, 6) is 0.0620. The molecule has 3 saturated heterocycles. The number of benzene rings is 2. The molecule has 4 aliphatic rings. The van der Waals surface area contributed by atoms with Crippen LogP contribution in [0.3, 0.4) is 0 Å². The number of anilines is 2. The number of amides is 1. The molecule has 0 aliphatic carbocycles. The third-order valence-corrected chi connectivity index (χ3v) is 9.54. The number of rotatable bonds is 3. The Morgan fingerprint density at radius 1 is 1.05 bits per heavy atom. The van der Waals surface area contributed by atoms with Gasteiger partial charge in [0, 0.05) is 73.8 Å². The van der Waals surface area contributed by atoms with Crippen LogP contribution in [0.1, 0.15) is 43.9 Å². The Bertz CT molecular complexity index is 1540. The predicted octanol–water partition coefficient (Wildman–Crippen LogP) is 3.27. The van der Waals surface area contributed by atoms with Crippen LogP contribution in [0, 0.1) is 11.3 Å². The molecule has 40 heavy (non-hydrogen) atoms. The van der Waals surface area contributed by atoms with E-state index in [0.29, 0.717) is 23.7 Å². The molecule has 2 N–H and O–H groups in total. The molecule has 1 aromatic heterocycles. The van der Waals surface area contributed by atoms with Crippen LogP contribution in [-0.2, 0) is 17.8 Å². The summed E-state index contributed by atoms with van der Waals surface area (Å²) in [6.07, 6.45) is 3.81. The van der Waals surface area contributed by atoms with E-state index < -0.39 is 5.54 Å². The highest BCUT2D eigenvalue weighted by Crippen LogP contribution is 2.39. The van der Waals surface area contributed by atoms with Gasteiger partial charge in [-0.1, -0.05) is 6.07 Å². The number of piperazine rings is 2. The first-order chi connectivity index (χ1) is 19.2. The third-order valence-electron chi connectivity index (χ3n) is 9.54. The highest BCUT2D eigenvalue weighted by molar-refractivity contribution is 5.95. The van der Waals surface area contributed by atoms with Crippen LogP contribution in [0.4, 0.5) is 11.4 Å². The summed E-state index contributed by atoms with van der Waals surface area (Å²) in [6.45, 7) is 10.5. The number of carbonyl (C=O) groups is 1. The number of fused-ring (bicyclic) bond motifs is 5. The Labute approximate surface area is 236 Å². The maximum Gasteiger partial charge on any atom is 0.242 e. The number of nitrogens with two attached hydrogens (primary N) is 1. The molecular weight excluding hydrogens is 498 g/mol. The maximum atomic E-state index is 12.8. The van der Waals surface area contributed by atoms with Gasteiger partial charge in [0.1, 0.15) is 6.07 Å². The van der Waals surface area contributed by atoms with Crippen LogP contribution in [0.2, 0.25) is 0 Å². The van der Waals surface area contributed by atoms with Crippen LogP contribution in [0.15, 0.2) is 48.7 Å². The Kier molecular flexibility index (Phi) is 5.81. The second-order valence-electron chi connectivity index (χ2n) is 12.8. The van der Waals surface area contributed by atoms with Crippen LogP contribution in [0.25, 0.3) is 10.9 Å². The highest BCUT2D eigenvalue weighted by atomic mass is 16.2.